The maximum atomic E-state index is 12.3. The van der Waals surface area contributed by atoms with Crippen molar-refractivity contribution < 1.29 is 17.9 Å². The highest BCUT2D eigenvalue weighted by atomic mass is 35.5. The summed E-state index contributed by atoms with van der Waals surface area (Å²) in [4.78, 5) is 14.2. The number of rotatable bonds is 5. The summed E-state index contributed by atoms with van der Waals surface area (Å²) in [6, 6.07) is 6.55. The van der Waals surface area contributed by atoms with Crippen LogP contribution in [-0.4, -0.2) is 51.3 Å². The summed E-state index contributed by atoms with van der Waals surface area (Å²) in [6.45, 7) is 0.844. The van der Waals surface area contributed by atoms with Gasteiger partial charge in [-0.3, -0.25) is 4.79 Å². The highest BCUT2D eigenvalue weighted by Crippen LogP contribution is 2.21. The van der Waals surface area contributed by atoms with Gasteiger partial charge in [0.05, 0.1) is 11.0 Å². The molecule has 8 heteroatoms. The van der Waals surface area contributed by atoms with E-state index in [1.807, 2.05) is 0 Å². The third kappa shape index (κ3) is 5.17. The van der Waals surface area contributed by atoms with Crippen molar-refractivity contribution in [2.75, 3.05) is 19.8 Å². The Bertz CT molecular complexity index is 633. The molecule has 2 rings (SSSR count). The molecule has 1 fully saturated rings. The molecule has 1 aromatic carbocycles. The van der Waals surface area contributed by atoms with Gasteiger partial charge in [0.2, 0.25) is 0 Å². The Labute approximate surface area is 143 Å². The zero-order valence-electron chi connectivity index (χ0n) is 13.3. The Morgan fingerprint density at radius 2 is 1.91 bits per heavy atom. The number of sulfone groups is 1. The fourth-order valence-corrected chi connectivity index (χ4v) is 3.13. The number of hydrogen-bond acceptors (Lipinski definition) is 5. The number of amides is 1. The quantitative estimate of drug-likeness (QED) is 0.843. The minimum Gasteiger partial charge on any atom is -0.364 e. The van der Waals surface area contributed by atoms with Gasteiger partial charge in [0.1, 0.15) is 6.10 Å². The monoisotopic (exact) mass is 362 g/mol. The minimum atomic E-state index is -3.20. The number of carbonyl (C=O) groups excluding carboxylic acids is 1. The second kappa shape index (κ2) is 8.10. The van der Waals surface area contributed by atoms with E-state index >= 15 is 0 Å². The van der Waals surface area contributed by atoms with Crippen molar-refractivity contribution >= 4 is 28.2 Å². The molecule has 2 N–H and O–H groups in total. The molecule has 0 unspecified atom stereocenters. The van der Waals surface area contributed by atoms with E-state index in [0.29, 0.717) is 19.5 Å². The van der Waals surface area contributed by atoms with Crippen LogP contribution in [0.15, 0.2) is 29.2 Å². The average Bonchev–Trinajstić information content (AvgIpc) is 2.95. The van der Waals surface area contributed by atoms with Crippen molar-refractivity contribution in [3.8, 4) is 0 Å². The molecule has 1 amide bonds. The summed E-state index contributed by atoms with van der Waals surface area (Å²) < 4.78 is 28.4. The van der Waals surface area contributed by atoms with Crippen LogP contribution in [0.5, 0.6) is 0 Å². The molecule has 0 bridgehead atoms. The van der Waals surface area contributed by atoms with Gasteiger partial charge in [-0.15, -0.1) is 12.4 Å². The molecule has 0 aromatic heterocycles. The van der Waals surface area contributed by atoms with Gasteiger partial charge in [-0.1, -0.05) is 12.1 Å². The third-order valence-electron chi connectivity index (χ3n) is 3.79. The number of hydrogen-bond donors (Lipinski definition) is 1. The smallest absolute Gasteiger partial charge is 0.251 e. The number of carbonyl (C=O) groups is 1. The highest BCUT2D eigenvalue weighted by Gasteiger charge is 2.31. The molecule has 1 aromatic rings. The molecular formula is C15H23ClN2O4S. The van der Waals surface area contributed by atoms with Gasteiger partial charge in [0.25, 0.3) is 5.91 Å². The molecule has 1 saturated heterocycles. The lowest BCUT2D eigenvalue weighted by atomic mass is 10.1. The van der Waals surface area contributed by atoms with Gasteiger partial charge >= 0.3 is 0 Å². The van der Waals surface area contributed by atoms with Gasteiger partial charge < -0.3 is 15.4 Å². The normalized spacial score (nSPS) is 20.8. The fourth-order valence-electron chi connectivity index (χ4n) is 2.50. The molecule has 0 saturated carbocycles. The zero-order valence-corrected chi connectivity index (χ0v) is 14.9. The molecule has 23 heavy (non-hydrogen) atoms. The first-order valence-electron chi connectivity index (χ1n) is 7.20. The molecule has 130 valence electrons. The van der Waals surface area contributed by atoms with E-state index in [2.05, 4.69) is 0 Å². The van der Waals surface area contributed by atoms with Gasteiger partial charge in [0.15, 0.2) is 9.84 Å². The van der Waals surface area contributed by atoms with Crippen LogP contribution in [0.25, 0.3) is 0 Å². The van der Waals surface area contributed by atoms with E-state index in [4.69, 9.17) is 10.5 Å². The Morgan fingerprint density at radius 1 is 1.30 bits per heavy atom. The van der Waals surface area contributed by atoms with Crippen LogP contribution >= 0.6 is 12.4 Å². The number of nitrogens with zero attached hydrogens (tertiary/aromatic N) is 1. The lowest BCUT2D eigenvalue weighted by Gasteiger charge is -2.21. The van der Waals surface area contributed by atoms with Gasteiger partial charge in [0, 0.05) is 26.4 Å². The average molecular weight is 363 g/mol. The summed E-state index contributed by atoms with van der Waals surface area (Å²) in [5.74, 6) is -0.0665. The highest BCUT2D eigenvalue weighted by molar-refractivity contribution is 7.90. The minimum absolute atomic E-state index is 0. The van der Waals surface area contributed by atoms with Crippen LogP contribution in [-0.2, 0) is 25.9 Å². The SMILES string of the molecule is CN(Cc1ccc(S(C)(=O)=O)cc1)C(=O)[C@@H]1CC[C@H](CN)O1.Cl. The predicted octanol–water partition coefficient (Wildman–Crippen LogP) is 0.977. The van der Waals surface area contributed by atoms with Crippen molar-refractivity contribution in [3.63, 3.8) is 0 Å². The van der Waals surface area contributed by atoms with Crippen molar-refractivity contribution in [3.05, 3.63) is 29.8 Å². The van der Waals surface area contributed by atoms with E-state index in [0.717, 1.165) is 12.0 Å². The molecule has 1 aliphatic heterocycles. The third-order valence-corrected chi connectivity index (χ3v) is 4.92. The topological polar surface area (TPSA) is 89.7 Å². The van der Waals surface area contributed by atoms with Crippen LogP contribution in [0.2, 0.25) is 0 Å². The summed E-state index contributed by atoms with van der Waals surface area (Å²) in [5, 5.41) is 0. The lowest BCUT2D eigenvalue weighted by Crippen LogP contribution is -2.36. The van der Waals surface area contributed by atoms with E-state index in [-0.39, 0.29) is 29.3 Å². The van der Waals surface area contributed by atoms with E-state index < -0.39 is 15.9 Å². The number of benzene rings is 1. The molecule has 6 nitrogen and oxygen atoms in total. The van der Waals surface area contributed by atoms with Gasteiger partial charge in [-0.25, -0.2) is 8.42 Å². The van der Waals surface area contributed by atoms with Crippen LogP contribution in [0.4, 0.5) is 0 Å². The van der Waals surface area contributed by atoms with Gasteiger partial charge in [-0.2, -0.15) is 0 Å². The predicted molar refractivity (Wildman–Crippen MR) is 90.2 cm³/mol. The number of likely N-dealkylation sites (N-methyl/N-ethyl adjacent to an activating group) is 1. The molecule has 2 atom stereocenters. The fraction of sp³-hybridized carbons (Fsp3) is 0.533. The van der Waals surface area contributed by atoms with E-state index in [1.165, 1.54) is 6.26 Å². The van der Waals surface area contributed by atoms with Crippen LogP contribution in [0, 0.1) is 0 Å². The zero-order chi connectivity index (χ0) is 16.3. The van der Waals surface area contributed by atoms with Crippen LogP contribution in [0.3, 0.4) is 0 Å². The molecule has 0 spiro atoms. The first-order valence-corrected chi connectivity index (χ1v) is 9.10. The summed E-state index contributed by atoms with van der Waals surface area (Å²) >= 11 is 0. The Balaban J connectivity index is 0.00000264. The Morgan fingerprint density at radius 3 is 2.39 bits per heavy atom. The lowest BCUT2D eigenvalue weighted by molar-refractivity contribution is -0.141. The molecule has 0 radical (unpaired) electrons. The maximum Gasteiger partial charge on any atom is 0.251 e. The molecule has 1 aliphatic rings. The second-order valence-electron chi connectivity index (χ2n) is 5.67. The second-order valence-corrected chi connectivity index (χ2v) is 7.69. The number of nitrogens with two attached hydrogens (primary N) is 1. The molecule has 1 heterocycles. The largest absolute Gasteiger partial charge is 0.364 e. The maximum absolute atomic E-state index is 12.3. The van der Waals surface area contributed by atoms with Crippen LogP contribution < -0.4 is 5.73 Å². The van der Waals surface area contributed by atoms with Crippen LogP contribution in [0.1, 0.15) is 18.4 Å². The number of ether oxygens (including phenoxy) is 1. The molecule has 0 aliphatic carbocycles. The van der Waals surface area contributed by atoms with Crippen molar-refractivity contribution in [1.29, 1.82) is 0 Å². The van der Waals surface area contributed by atoms with Crippen molar-refractivity contribution in [1.82, 2.24) is 4.90 Å². The van der Waals surface area contributed by atoms with Crippen molar-refractivity contribution in [2.45, 2.75) is 36.5 Å². The van der Waals surface area contributed by atoms with E-state index in [1.54, 1.807) is 36.2 Å². The first-order chi connectivity index (χ1) is 10.3. The summed E-state index contributed by atoms with van der Waals surface area (Å²) in [6.07, 6.45) is 2.22. The Kier molecular flexibility index (Phi) is 7.01. The number of halogens is 1. The molecular weight excluding hydrogens is 340 g/mol. The summed E-state index contributed by atoms with van der Waals surface area (Å²) in [7, 11) is -1.48. The van der Waals surface area contributed by atoms with Gasteiger partial charge in [-0.05, 0) is 30.5 Å². The Hall–Kier alpha value is -1.15. The summed E-state index contributed by atoms with van der Waals surface area (Å²) in [5.41, 5.74) is 6.42. The van der Waals surface area contributed by atoms with E-state index in [9.17, 15) is 13.2 Å². The van der Waals surface area contributed by atoms with Crippen molar-refractivity contribution in [2.24, 2.45) is 5.73 Å². The standard InChI is InChI=1S/C15H22N2O4S.ClH/c1-17(15(18)14-8-5-12(9-16)21-14)10-11-3-6-13(7-4-11)22(2,19)20;/h3-4,6-7,12,14H,5,8-10,16H2,1-2H3;1H/t12-,14+;/m1./s1. The first kappa shape index (κ1) is 19.9.